The topological polar surface area (TPSA) is 51.8 Å². The van der Waals surface area contributed by atoms with E-state index in [-0.39, 0.29) is 6.04 Å². The summed E-state index contributed by atoms with van der Waals surface area (Å²) in [5.41, 5.74) is 6.86. The first-order chi connectivity index (χ1) is 8.69. The molecule has 0 aliphatic rings. The molecule has 0 radical (unpaired) electrons. The molecule has 0 spiro atoms. The van der Waals surface area contributed by atoms with Gasteiger partial charge in [-0.3, -0.25) is 4.98 Å². The third kappa shape index (κ3) is 3.54. The largest absolute Gasteiger partial charge is 0.323 e. The van der Waals surface area contributed by atoms with Gasteiger partial charge in [-0.05, 0) is 46.6 Å². The first kappa shape index (κ1) is 13.5. The van der Waals surface area contributed by atoms with Crippen molar-refractivity contribution in [2.24, 2.45) is 5.73 Å². The van der Waals surface area contributed by atoms with E-state index in [0.29, 0.717) is 0 Å². The number of aromatic nitrogens is 2. The minimum atomic E-state index is 0.0230. The van der Waals surface area contributed by atoms with Crippen molar-refractivity contribution in [3.05, 3.63) is 46.8 Å². The molecule has 3 nitrogen and oxygen atoms in total. The van der Waals surface area contributed by atoms with Crippen molar-refractivity contribution in [2.45, 2.75) is 29.3 Å². The molecule has 0 saturated heterocycles. The smallest absolute Gasteiger partial charge is 0.101 e. The zero-order chi connectivity index (χ0) is 13.0. The number of halogens is 1. The molecule has 1 atom stereocenters. The van der Waals surface area contributed by atoms with Gasteiger partial charge in [-0.25, -0.2) is 4.98 Å². The van der Waals surface area contributed by atoms with Gasteiger partial charge >= 0.3 is 0 Å². The Kier molecular flexibility index (Phi) is 4.74. The predicted octanol–water partition coefficient (Wildman–Crippen LogP) is 3.80. The first-order valence-corrected chi connectivity index (χ1v) is 7.31. The van der Waals surface area contributed by atoms with Crippen LogP contribution in [0.2, 0.25) is 0 Å². The van der Waals surface area contributed by atoms with Crippen molar-refractivity contribution >= 4 is 27.7 Å². The number of pyridine rings is 2. The highest BCUT2D eigenvalue weighted by molar-refractivity contribution is 9.10. The molecular weight excluding hydrogens is 310 g/mol. The maximum atomic E-state index is 5.93. The molecule has 0 aliphatic heterocycles. The highest BCUT2D eigenvalue weighted by Crippen LogP contribution is 2.26. The number of hydrogen-bond donors (Lipinski definition) is 1. The fourth-order valence-corrected chi connectivity index (χ4v) is 2.38. The Bertz CT molecular complexity index is 499. The molecule has 2 aromatic rings. The van der Waals surface area contributed by atoms with Crippen LogP contribution in [0.4, 0.5) is 0 Å². The van der Waals surface area contributed by atoms with Crippen LogP contribution in [-0.2, 0) is 0 Å². The van der Waals surface area contributed by atoms with E-state index in [1.807, 2.05) is 30.5 Å². The zero-order valence-electron chi connectivity index (χ0n) is 10.0. The minimum Gasteiger partial charge on any atom is -0.323 e. The molecule has 0 amide bonds. The zero-order valence-corrected chi connectivity index (χ0v) is 12.4. The van der Waals surface area contributed by atoms with Crippen molar-refractivity contribution in [3.8, 4) is 0 Å². The van der Waals surface area contributed by atoms with Gasteiger partial charge in [0, 0.05) is 27.8 Å². The Morgan fingerprint density at radius 3 is 2.61 bits per heavy atom. The van der Waals surface area contributed by atoms with E-state index in [1.165, 1.54) is 0 Å². The number of rotatable bonds is 4. The van der Waals surface area contributed by atoms with E-state index in [9.17, 15) is 0 Å². The van der Waals surface area contributed by atoms with Gasteiger partial charge in [-0.1, -0.05) is 18.7 Å². The van der Waals surface area contributed by atoms with E-state index in [4.69, 9.17) is 5.73 Å². The molecule has 0 saturated carbocycles. The lowest BCUT2D eigenvalue weighted by atomic mass is 10.1. The molecule has 2 aromatic heterocycles. The molecule has 0 unspecified atom stereocenters. The van der Waals surface area contributed by atoms with E-state index >= 15 is 0 Å². The third-order valence-electron chi connectivity index (χ3n) is 2.50. The molecule has 0 bridgehead atoms. The Morgan fingerprint density at radius 1 is 1.22 bits per heavy atom. The van der Waals surface area contributed by atoms with E-state index in [0.717, 1.165) is 26.5 Å². The summed E-state index contributed by atoms with van der Waals surface area (Å²) >= 11 is 4.96. The molecule has 2 heterocycles. The van der Waals surface area contributed by atoms with Crippen LogP contribution in [0.3, 0.4) is 0 Å². The van der Waals surface area contributed by atoms with Gasteiger partial charge in [-0.2, -0.15) is 0 Å². The van der Waals surface area contributed by atoms with Crippen LogP contribution < -0.4 is 5.73 Å². The lowest BCUT2D eigenvalue weighted by Gasteiger charge is -2.08. The van der Waals surface area contributed by atoms with Crippen LogP contribution in [0.15, 0.2) is 51.1 Å². The van der Waals surface area contributed by atoms with Crippen molar-refractivity contribution in [1.29, 1.82) is 0 Å². The summed E-state index contributed by atoms with van der Waals surface area (Å²) in [7, 11) is 0. The van der Waals surface area contributed by atoms with Crippen LogP contribution >= 0.6 is 27.7 Å². The second kappa shape index (κ2) is 6.31. The summed E-state index contributed by atoms with van der Waals surface area (Å²) in [6, 6.07) is 7.99. The first-order valence-electron chi connectivity index (χ1n) is 5.70. The third-order valence-corrected chi connectivity index (χ3v) is 3.90. The summed E-state index contributed by atoms with van der Waals surface area (Å²) in [5.74, 6) is 0. The van der Waals surface area contributed by atoms with Crippen LogP contribution in [-0.4, -0.2) is 9.97 Å². The molecule has 5 heteroatoms. The van der Waals surface area contributed by atoms with Crippen molar-refractivity contribution < 1.29 is 0 Å². The van der Waals surface area contributed by atoms with Gasteiger partial charge in [0.2, 0.25) is 0 Å². The average Bonchev–Trinajstić information content (AvgIpc) is 2.41. The van der Waals surface area contributed by atoms with Crippen LogP contribution in [0.25, 0.3) is 0 Å². The van der Waals surface area contributed by atoms with Gasteiger partial charge in [0.15, 0.2) is 0 Å². The number of hydrogen-bond acceptors (Lipinski definition) is 4. The van der Waals surface area contributed by atoms with E-state index < -0.39 is 0 Å². The van der Waals surface area contributed by atoms with Crippen LogP contribution in [0.5, 0.6) is 0 Å². The molecule has 0 fully saturated rings. The van der Waals surface area contributed by atoms with E-state index in [2.05, 4.69) is 32.8 Å². The molecule has 94 valence electrons. The van der Waals surface area contributed by atoms with Crippen molar-refractivity contribution in [2.75, 3.05) is 0 Å². The standard InChI is InChI=1S/C13H14BrN3S/c1-2-11(15)12-5-4-10(8-16-12)18-13-6-3-9(14)7-17-13/h3-8,11H,2,15H2,1H3/t11-/m0/s1. The summed E-state index contributed by atoms with van der Waals surface area (Å²) < 4.78 is 0.981. The normalized spacial score (nSPS) is 12.4. The fraction of sp³-hybridized carbons (Fsp3) is 0.231. The molecule has 2 rings (SSSR count). The average molecular weight is 324 g/mol. The highest BCUT2D eigenvalue weighted by atomic mass is 79.9. The van der Waals surface area contributed by atoms with Gasteiger partial charge in [0.25, 0.3) is 0 Å². The summed E-state index contributed by atoms with van der Waals surface area (Å²) in [6.45, 7) is 2.06. The summed E-state index contributed by atoms with van der Waals surface area (Å²) in [6.07, 6.45) is 4.53. The molecular formula is C13H14BrN3S. The highest BCUT2D eigenvalue weighted by Gasteiger charge is 2.05. The monoisotopic (exact) mass is 323 g/mol. The van der Waals surface area contributed by atoms with Crippen molar-refractivity contribution in [3.63, 3.8) is 0 Å². The Balaban J connectivity index is 2.08. The van der Waals surface area contributed by atoms with E-state index in [1.54, 1.807) is 18.0 Å². The van der Waals surface area contributed by atoms with Gasteiger partial charge < -0.3 is 5.73 Å². The molecule has 18 heavy (non-hydrogen) atoms. The Morgan fingerprint density at radius 2 is 2.06 bits per heavy atom. The van der Waals surface area contributed by atoms with Crippen LogP contribution in [0, 0.1) is 0 Å². The quantitative estimate of drug-likeness (QED) is 0.929. The lowest BCUT2D eigenvalue weighted by Crippen LogP contribution is -2.10. The maximum absolute atomic E-state index is 5.93. The Hall–Kier alpha value is -0.910. The second-order valence-electron chi connectivity index (χ2n) is 3.85. The number of nitrogens with zero attached hydrogens (tertiary/aromatic N) is 2. The summed E-state index contributed by atoms with van der Waals surface area (Å²) in [4.78, 5) is 9.76. The molecule has 0 aromatic carbocycles. The number of nitrogens with two attached hydrogens (primary N) is 1. The fourth-order valence-electron chi connectivity index (χ4n) is 1.42. The van der Waals surface area contributed by atoms with Crippen LogP contribution in [0.1, 0.15) is 25.1 Å². The predicted molar refractivity (Wildman–Crippen MR) is 77.5 cm³/mol. The summed E-state index contributed by atoms with van der Waals surface area (Å²) in [5, 5.41) is 0.951. The Labute approximate surface area is 119 Å². The molecule has 0 aliphatic carbocycles. The SMILES string of the molecule is CC[C@H](N)c1ccc(Sc2ccc(Br)cn2)cn1. The molecule has 2 N–H and O–H groups in total. The second-order valence-corrected chi connectivity index (χ2v) is 5.86. The van der Waals surface area contributed by atoms with Gasteiger partial charge in [0.1, 0.15) is 5.03 Å². The van der Waals surface area contributed by atoms with Gasteiger partial charge in [-0.15, -0.1) is 0 Å². The minimum absolute atomic E-state index is 0.0230. The maximum Gasteiger partial charge on any atom is 0.101 e. The van der Waals surface area contributed by atoms with Crippen molar-refractivity contribution in [1.82, 2.24) is 9.97 Å². The lowest BCUT2D eigenvalue weighted by molar-refractivity contribution is 0.674. The van der Waals surface area contributed by atoms with Gasteiger partial charge in [0.05, 0.1) is 5.69 Å².